The van der Waals surface area contributed by atoms with Crippen molar-refractivity contribution in [3.8, 4) is 0 Å². The summed E-state index contributed by atoms with van der Waals surface area (Å²) in [7, 11) is 0. The molecule has 1 heterocycles. The van der Waals surface area contributed by atoms with Crippen LogP contribution in [-0.4, -0.2) is 12.2 Å². The molecule has 2 atom stereocenters. The van der Waals surface area contributed by atoms with Crippen LogP contribution in [0.25, 0.3) is 0 Å². The van der Waals surface area contributed by atoms with Gasteiger partial charge in [-0.15, -0.1) is 6.58 Å². The molecule has 1 nitrogen and oxygen atoms in total. The number of hydrogen-bond acceptors (Lipinski definition) is 1. The quantitative estimate of drug-likeness (QED) is 0.191. The van der Waals surface area contributed by atoms with Gasteiger partial charge in [0, 0.05) is 0 Å². The van der Waals surface area contributed by atoms with Gasteiger partial charge in [0.1, 0.15) is 0 Å². The summed E-state index contributed by atoms with van der Waals surface area (Å²) in [6.45, 7) is 6.04. The van der Waals surface area contributed by atoms with Crippen molar-refractivity contribution in [2.45, 2.75) is 109 Å². The highest BCUT2D eigenvalue weighted by Gasteiger charge is 2.36. The summed E-state index contributed by atoms with van der Waals surface area (Å²) in [5, 5.41) is 0. The Labute approximate surface area is 127 Å². The monoisotopic (exact) mass is 280 g/mol. The number of epoxide rings is 1. The summed E-state index contributed by atoms with van der Waals surface area (Å²) in [6, 6.07) is 0. The number of hydrogen-bond donors (Lipinski definition) is 0. The number of allylic oxidation sites excluding steroid dienone is 1. The fourth-order valence-electron chi connectivity index (χ4n) is 2.98. The maximum Gasteiger partial charge on any atom is 0.0841 e. The van der Waals surface area contributed by atoms with Crippen LogP contribution in [-0.2, 0) is 4.74 Å². The lowest BCUT2D eigenvalue weighted by molar-refractivity contribution is 0.347. The van der Waals surface area contributed by atoms with Crippen molar-refractivity contribution in [2.24, 2.45) is 0 Å². The summed E-state index contributed by atoms with van der Waals surface area (Å²) in [5.41, 5.74) is 0. The fourth-order valence-corrected chi connectivity index (χ4v) is 2.98. The molecule has 1 aliphatic rings. The molecule has 1 saturated heterocycles. The predicted octanol–water partition coefficient (Wildman–Crippen LogP) is 6.42. The molecule has 2 unspecified atom stereocenters. The third-order valence-electron chi connectivity index (χ3n) is 4.43. The Hall–Kier alpha value is -0.300. The van der Waals surface area contributed by atoms with E-state index in [1.807, 2.05) is 6.08 Å². The van der Waals surface area contributed by atoms with Crippen molar-refractivity contribution in [1.82, 2.24) is 0 Å². The van der Waals surface area contributed by atoms with Crippen LogP contribution in [0.2, 0.25) is 0 Å². The van der Waals surface area contributed by atoms with Gasteiger partial charge in [-0.2, -0.15) is 0 Å². The van der Waals surface area contributed by atoms with E-state index in [0.717, 1.165) is 0 Å². The first kappa shape index (κ1) is 17.8. The molecule has 0 aromatic rings. The molecule has 1 rings (SSSR count). The number of rotatable bonds is 15. The first-order chi connectivity index (χ1) is 9.88. The SMILES string of the molecule is C=CCCCCCCC1OC1CCCCCCCCC. The Morgan fingerprint density at radius 3 is 1.80 bits per heavy atom. The average Bonchev–Trinajstić information content (AvgIpc) is 3.20. The summed E-state index contributed by atoms with van der Waals surface area (Å²) >= 11 is 0. The summed E-state index contributed by atoms with van der Waals surface area (Å²) < 4.78 is 5.77. The van der Waals surface area contributed by atoms with E-state index in [2.05, 4.69) is 13.5 Å². The molecule has 1 fully saturated rings. The molecule has 0 radical (unpaired) electrons. The molecule has 0 spiro atoms. The molecule has 0 aromatic heterocycles. The summed E-state index contributed by atoms with van der Waals surface area (Å²) in [6.07, 6.45) is 22.3. The van der Waals surface area contributed by atoms with E-state index in [1.165, 1.54) is 89.9 Å². The van der Waals surface area contributed by atoms with Crippen LogP contribution in [0.3, 0.4) is 0 Å². The van der Waals surface area contributed by atoms with E-state index >= 15 is 0 Å². The molecule has 0 aliphatic carbocycles. The van der Waals surface area contributed by atoms with Gasteiger partial charge >= 0.3 is 0 Å². The van der Waals surface area contributed by atoms with E-state index in [0.29, 0.717) is 12.2 Å². The standard InChI is InChI=1S/C19H36O/c1-3-5-7-9-11-13-15-17-19-18(20-19)16-14-12-10-8-6-4-2/h4,18-19H,2-3,5-17H2,1H3. The zero-order valence-corrected chi connectivity index (χ0v) is 13.7. The first-order valence-electron chi connectivity index (χ1n) is 9.14. The topological polar surface area (TPSA) is 12.5 Å². The second-order valence-corrected chi connectivity index (χ2v) is 6.40. The van der Waals surface area contributed by atoms with E-state index in [9.17, 15) is 0 Å². The molecule has 1 aliphatic heterocycles. The fraction of sp³-hybridized carbons (Fsp3) is 0.895. The van der Waals surface area contributed by atoms with Gasteiger partial charge < -0.3 is 4.74 Å². The molecule has 0 bridgehead atoms. The summed E-state index contributed by atoms with van der Waals surface area (Å²) in [4.78, 5) is 0. The van der Waals surface area contributed by atoms with Crippen LogP contribution < -0.4 is 0 Å². The first-order valence-corrected chi connectivity index (χ1v) is 9.14. The van der Waals surface area contributed by atoms with E-state index in [1.54, 1.807) is 0 Å². The zero-order chi connectivity index (χ0) is 14.5. The molecule has 1 heteroatoms. The molecule has 0 saturated carbocycles. The third kappa shape index (κ3) is 9.58. The minimum absolute atomic E-state index is 0.620. The van der Waals surface area contributed by atoms with Gasteiger partial charge in [0.15, 0.2) is 0 Å². The van der Waals surface area contributed by atoms with Gasteiger partial charge in [-0.3, -0.25) is 0 Å². The van der Waals surface area contributed by atoms with Gasteiger partial charge in [-0.1, -0.05) is 77.2 Å². The molecule has 118 valence electrons. The highest BCUT2D eigenvalue weighted by molar-refractivity contribution is 4.84. The Morgan fingerprint density at radius 2 is 1.25 bits per heavy atom. The van der Waals surface area contributed by atoms with Crippen LogP contribution in [0.15, 0.2) is 12.7 Å². The normalized spacial score (nSPS) is 21.1. The number of unbranched alkanes of at least 4 members (excludes halogenated alkanes) is 10. The minimum atomic E-state index is 0.620. The Kier molecular flexibility index (Phi) is 11.0. The highest BCUT2D eigenvalue weighted by atomic mass is 16.6. The van der Waals surface area contributed by atoms with Gasteiger partial charge in [0.25, 0.3) is 0 Å². The van der Waals surface area contributed by atoms with Crippen LogP contribution >= 0.6 is 0 Å². The van der Waals surface area contributed by atoms with Crippen molar-refractivity contribution < 1.29 is 4.74 Å². The van der Waals surface area contributed by atoms with Crippen LogP contribution in [0, 0.1) is 0 Å². The second-order valence-electron chi connectivity index (χ2n) is 6.40. The van der Waals surface area contributed by atoms with Gasteiger partial charge in [0.2, 0.25) is 0 Å². The largest absolute Gasteiger partial charge is 0.370 e. The lowest BCUT2D eigenvalue weighted by atomic mass is 10.0. The lowest BCUT2D eigenvalue weighted by Crippen LogP contribution is -1.94. The maximum atomic E-state index is 5.77. The van der Waals surface area contributed by atoms with Crippen LogP contribution in [0.5, 0.6) is 0 Å². The maximum absolute atomic E-state index is 5.77. The van der Waals surface area contributed by atoms with Crippen molar-refractivity contribution in [3.63, 3.8) is 0 Å². The Morgan fingerprint density at radius 1 is 0.750 bits per heavy atom. The highest BCUT2D eigenvalue weighted by Crippen LogP contribution is 2.31. The van der Waals surface area contributed by atoms with Crippen LogP contribution in [0.4, 0.5) is 0 Å². The van der Waals surface area contributed by atoms with Crippen molar-refractivity contribution in [3.05, 3.63) is 12.7 Å². The van der Waals surface area contributed by atoms with E-state index < -0.39 is 0 Å². The molecule has 0 amide bonds. The predicted molar refractivity (Wildman–Crippen MR) is 89.2 cm³/mol. The van der Waals surface area contributed by atoms with E-state index in [-0.39, 0.29) is 0 Å². The van der Waals surface area contributed by atoms with Crippen molar-refractivity contribution in [1.29, 1.82) is 0 Å². The smallest absolute Gasteiger partial charge is 0.0841 e. The Bertz CT molecular complexity index is 224. The second kappa shape index (κ2) is 12.4. The van der Waals surface area contributed by atoms with Gasteiger partial charge in [-0.25, -0.2) is 0 Å². The van der Waals surface area contributed by atoms with Crippen LogP contribution in [0.1, 0.15) is 96.8 Å². The average molecular weight is 280 g/mol. The summed E-state index contributed by atoms with van der Waals surface area (Å²) in [5.74, 6) is 0. The molecule has 20 heavy (non-hydrogen) atoms. The molecule has 0 aromatic carbocycles. The van der Waals surface area contributed by atoms with Gasteiger partial charge in [-0.05, 0) is 25.7 Å². The molecular formula is C19H36O. The molecule has 0 N–H and O–H groups in total. The van der Waals surface area contributed by atoms with Crippen molar-refractivity contribution in [2.75, 3.05) is 0 Å². The number of ether oxygens (including phenoxy) is 1. The van der Waals surface area contributed by atoms with Gasteiger partial charge in [0.05, 0.1) is 12.2 Å². The third-order valence-corrected chi connectivity index (χ3v) is 4.43. The molecular weight excluding hydrogens is 244 g/mol. The lowest BCUT2D eigenvalue weighted by Gasteiger charge is -2.00. The van der Waals surface area contributed by atoms with Crippen molar-refractivity contribution >= 4 is 0 Å². The van der Waals surface area contributed by atoms with E-state index in [4.69, 9.17) is 4.74 Å². The zero-order valence-electron chi connectivity index (χ0n) is 13.7. The Balaban J connectivity index is 1.76. The minimum Gasteiger partial charge on any atom is -0.370 e.